The van der Waals surface area contributed by atoms with E-state index in [1.807, 2.05) is 0 Å². The van der Waals surface area contributed by atoms with Gasteiger partial charge >= 0.3 is 0 Å². The van der Waals surface area contributed by atoms with Crippen LogP contribution in [0.4, 0.5) is 0 Å². The second-order valence-corrected chi connectivity index (χ2v) is 8.64. The van der Waals surface area contributed by atoms with Crippen LogP contribution < -0.4 is 10.6 Å². The first-order valence-electron chi connectivity index (χ1n) is 8.99. The van der Waals surface area contributed by atoms with Gasteiger partial charge in [-0.2, -0.15) is 0 Å². The highest BCUT2D eigenvalue weighted by atomic mass is 31.1. The summed E-state index contributed by atoms with van der Waals surface area (Å²) in [5.41, 5.74) is 1.32. The highest BCUT2D eigenvalue weighted by molar-refractivity contribution is 7.73. The van der Waals surface area contributed by atoms with Crippen LogP contribution in [0.1, 0.15) is 5.56 Å². The molecule has 0 spiro atoms. The van der Waals surface area contributed by atoms with Crippen LogP contribution in [-0.2, 0) is 11.2 Å². The lowest BCUT2D eigenvalue weighted by molar-refractivity contribution is 0.314. The molecule has 130 valence electrons. The van der Waals surface area contributed by atoms with Crippen LogP contribution in [0.25, 0.3) is 0 Å². The Kier molecular flexibility index (Phi) is 5.42. The summed E-state index contributed by atoms with van der Waals surface area (Å²) >= 11 is 0. The van der Waals surface area contributed by atoms with Gasteiger partial charge in [0.2, 0.25) is 0 Å². The van der Waals surface area contributed by atoms with Crippen LogP contribution in [0.3, 0.4) is 0 Å². The Morgan fingerprint density at radius 1 is 0.769 bits per heavy atom. The maximum Gasteiger partial charge on any atom is 0.188 e. The molecule has 0 aliphatic carbocycles. The molecular weight excluding hydrogens is 337 g/mol. The lowest BCUT2D eigenvalue weighted by atomic mass is 10.1. The fourth-order valence-corrected chi connectivity index (χ4v) is 5.40. The molecule has 0 aromatic heterocycles. The fourth-order valence-electron chi connectivity index (χ4n) is 3.23. The number of hydrogen-bond acceptors (Lipinski definition) is 2. The normalized spacial score (nSPS) is 16.3. The Bertz CT molecular complexity index is 810. The van der Waals surface area contributed by atoms with Gasteiger partial charge in [0.05, 0.1) is 12.2 Å². The van der Waals surface area contributed by atoms with Gasteiger partial charge in [0.25, 0.3) is 0 Å². The molecule has 1 aliphatic rings. The summed E-state index contributed by atoms with van der Waals surface area (Å²) in [5, 5.41) is 2.73. The van der Waals surface area contributed by atoms with E-state index in [-0.39, 0.29) is 6.04 Å². The van der Waals surface area contributed by atoms with E-state index in [0.29, 0.717) is 6.61 Å². The average molecular weight is 359 g/mol. The number of ether oxygens (including phenoxy) is 1. The van der Waals surface area contributed by atoms with Gasteiger partial charge in [-0.1, -0.05) is 91.0 Å². The predicted octanol–water partition coefficient (Wildman–Crippen LogP) is 4.16. The molecule has 0 bridgehead atoms. The van der Waals surface area contributed by atoms with Gasteiger partial charge in [-0.15, -0.1) is 0 Å². The van der Waals surface area contributed by atoms with Crippen molar-refractivity contribution >= 4 is 24.4 Å². The van der Waals surface area contributed by atoms with Crippen LogP contribution >= 0.6 is 7.92 Å². The molecule has 1 atom stereocenters. The van der Waals surface area contributed by atoms with Crippen molar-refractivity contribution in [1.29, 1.82) is 0 Å². The first-order valence-corrected chi connectivity index (χ1v) is 10.5. The first-order chi connectivity index (χ1) is 12.9. The van der Waals surface area contributed by atoms with E-state index >= 15 is 0 Å². The van der Waals surface area contributed by atoms with Gasteiger partial charge in [-0.25, -0.2) is 4.99 Å². The number of benzene rings is 3. The SMILES string of the molecule is c1ccc(CC2COC(CP(c3ccccc3)c3ccccc3)=N2)cc1. The molecule has 3 aromatic rings. The van der Waals surface area contributed by atoms with Gasteiger partial charge in [0.1, 0.15) is 6.61 Å². The van der Waals surface area contributed by atoms with Crippen molar-refractivity contribution in [3.05, 3.63) is 96.6 Å². The molecule has 0 amide bonds. The average Bonchev–Trinajstić information content (AvgIpc) is 3.15. The van der Waals surface area contributed by atoms with E-state index in [4.69, 9.17) is 9.73 Å². The minimum Gasteiger partial charge on any atom is -0.478 e. The highest BCUT2D eigenvalue weighted by Gasteiger charge is 2.23. The molecule has 0 radical (unpaired) electrons. The van der Waals surface area contributed by atoms with Crippen molar-refractivity contribution in [2.75, 3.05) is 12.8 Å². The molecule has 3 heteroatoms. The van der Waals surface area contributed by atoms with Crippen molar-refractivity contribution in [2.45, 2.75) is 12.5 Å². The predicted molar refractivity (Wildman–Crippen MR) is 111 cm³/mol. The number of nitrogens with zero attached hydrogens (tertiary/aromatic N) is 1. The van der Waals surface area contributed by atoms with Crippen molar-refractivity contribution in [3.8, 4) is 0 Å². The van der Waals surface area contributed by atoms with Crippen molar-refractivity contribution in [3.63, 3.8) is 0 Å². The molecule has 0 N–H and O–H groups in total. The Labute approximate surface area is 156 Å². The van der Waals surface area contributed by atoms with E-state index in [1.165, 1.54) is 16.2 Å². The van der Waals surface area contributed by atoms with Crippen LogP contribution in [0.15, 0.2) is 96.0 Å². The van der Waals surface area contributed by atoms with Crippen molar-refractivity contribution in [2.24, 2.45) is 4.99 Å². The summed E-state index contributed by atoms with van der Waals surface area (Å²) in [7, 11) is -0.496. The van der Waals surface area contributed by atoms with Crippen molar-refractivity contribution in [1.82, 2.24) is 0 Å². The fraction of sp³-hybridized carbons (Fsp3) is 0.174. The molecule has 0 saturated carbocycles. The highest BCUT2D eigenvalue weighted by Crippen LogP contribution is 2.34. The largest absolute Gasteiger partial charge is 0.478 e. The molecule has 4 rings (SSSR count). The zero-order valence-corrected chi connectivity index (χ0v) is 15.6. The molecule has 1 heterocycles. The molecule has 2 nitrogen and oxygen atoms in total. The van der Waals surface area contributed by atoms with Crippen LogP contribution in [0.5, 0.6) is 0 Å². The summed E-state index contributed by atoms with van der Waals surface area (Å²) in [6.45, 7) is 0.691. The molecular formula is C23H22NOP. The minimum absolute atomic E-state index is 0.232. The lowest BCUT2D eigenvalue weighted by Gasteiger charge is -2.18. The summed E-state index contributed by atoms with van der Waals surface area (Å²) in [5.74, 6) is 0.907. The molecule has 1 aliphatic heterocycles. The van der Waals surface area contributed by atoms with E-state index in [9.17, 15) is 0 Å². The third-order valence-electron chi connectivity index (χ3n) is 4.51. The molecule has 0 fully saturated rings. The summed E-state index contributed by atoms with van der Waals surface area (Å²) in [4.78, 5) is 4.88. The minimum atomic E-state index is -0.496. The van der Waals surface area contributed by atoms with Crippen molar-refractivity contribution < 1.29 is 4.74 Å². The third kappa shape index (κ3) is 4.20. The van der Waals surface area contributed by atoms with Crippen LogP contribution in [-0.4, -0.2) is 24.7 Å². The molecule has 26 heavy (non-hydrogen) atoms. The Morgan fingerprint density at radius 2 is 1.31 bits per heavy atom. The second-order valence-electron chi connectivity index (χ2n) is 6.43. The molecule has 0 saturated heterocycles. The summed E-state index contributed by atoms with van der Waals surface area (Å²) < 4.78 is 5.98. The van der Waals surface area contributed by atoms with Gasteiger partial charge in [0, 0.05) is 0 Å². The zero-order valence-electron chi connectivity index (χ0n) is 14.7. The lowest BCUT2D eigenvalue weighted by Crippen LogP contribution is -2.18. The van der Waals surface area contributed by atoms with Crippen LogP contribution in [0, 0.1) is 0 Å². The number of aliphatic imine (C=N–C) groups is 1. The zero-order chi connectivity index (χ0) is 17.6. The van der Waals surface area contributed by atoms with E-state index in [0.717, 1.165) is 18.5 Å². The Balaban J connectivity index is 1.52. The van der Waals surface area contributed by atoms with Gasteiger partial charge < -0.3 is 4.74 Å². The van der Waals surface area contributed by atoms with E-state index in [1.54, 1.807) is 0 Å². The number of rotatable bonds is 6. The summed E-state index contributed by atoms with van der Waals surface area (Å²) in [6.07, 6.45) is 1.81. The van der Waals surface area contributed by atoms with Crippen LogP contribution in [0.2, 0.25) is 0 Å². The molecule has 3 aromatic carbocycles. The van der Waals surface area contributed by atoms with Gasteiger partial charge in [-0.05, 0) is 30.5 Å². The Hall–Kier alpha value is -2.44. The second kappa shape index (κ2) is 8.29. The standard InChI is InChI=1S/C23H22NOP/c1-4-10-19(11-5-1)16-20-17-25-23(24-20)18-26(21-12-6-2-7-13-21)22-14-8-3-9-15-22/h1-15,20H,16-18H2. The first kappa shape index (κ1) is 17.0. The van der Waals surface area contributed by atoms with Gasteiger partial charge in [0.15, 0.2) is 5.90 Å². The summed E-state index contributed by atoms with van der Waals surface area (Å²) in [6, 6.07) is 32.2. The maximum atomic E-state index is 5.98. The van der Waals surface area contributed by atoms with E-state index < -0.39 is 7.92 Å². The Morgan fingerprint density at radius 3 is 1.88 bits per heavy atom. The van der Waals surface area contributed by atoms with E-state index in [2.05, 4.69) is 91.0 Å². The molecule has 1 unspecified atom stereocenters. The monoisotopic (exact) mass is 359 g/mol. The smallest absolute Gasteiger partial charge is 0.188 e. The maximum absolute atomic E-state index is 5.98. The number of hydrogen-bond donors (Lipinski definition) is 0. The third-order valence-corrected chi connectivity index (χ3v) is 6.94. The van der Waals surface area contributed by atoms with Gasteiger partial charge in [-0.3, -0.25) is 0 Å². The quantitative estimate of drug-likeness (QED) is 0.606. The topological polar surface area (TPSA) is 21.6 Å².